The minimum absolute atomic E-state index is 0.0476. The summed E-state index contributed by atoms with van der Waals surface area (Å²) in [6.07, 6.45) is 1.84. The van der Waals surface area contributed by atoms with Crippen molar-refractivity contribution in [1.29, 1.82) is 0 Å². The maximum absolute atomic E-state index is 13.7. The topological polar surface area (TPSA) is 57.6 Å². The van der Waals surface area contributed by atoms with Crippen molar-refractivity contribution in [3.63, 3.8) is 0 Å². The lowest BCUT2D eigenvalue weighted by molar-refractivity contribution is -0.145. The van der Waals surface area contributed by atoms with Crippen LogP contribution in [0.5, 0.6) is 0 Å². The molecule has 1 aromatic rings. The molecule has 1 amide bonds. The Hall–Kier alpha value is -1.91. The SMILES string of the molecule is CC(CC(=O)N(CC(=O)O)C1CC1)c1ccccc1F. The molecule has 1 fully saturated rings. The number of amides is 1. The highest BCUT2D eigenvalue weighted by Gasteiger charge is 2.34. The monoisotopic (exact) mass is 279 g/mol. The van der Waals surface area contributed by atoms with Crippen LogP contribution in [0.3, 0.4) is 0 Å². The Bertz CT molecular complexity index is 514. The molecule has 2 rings (SSSR count). The van der Waals surface area contributed by atoms with Gasteiger partial charge in [-0.1, -0.05) is 25.1 Å². The molecule has 1 saturated carbocycles. The predicted molar refractivity (Wildman–Crippen MR) is 71.8 cm³/mol. The highest BCUT2D eigenvalue weighted by molar-refractivity contribution is 5.82. The van der Waals surface area contributed by atoms with Crippen LogP contribution in [0.15, 0.2) is 24.3 Å². The second-order valence-corrected chi connectivity index (χ2v) is 5.27. The smallest absolute Gasteiger partial charge is 0.323 e. The van der Waals surface area contributed by atoms with Crippen molar-refractivity contribution in [2.24, 2.45) is 0 Å². The molecule has 20 heavy (non-hydrogen) atoms. The van der Waals surface area contributed by atoms with Gasteiger partial charge in [0, 0.05) is 12.5 Å². The van der Waals surface area contributed by atoms with Crippen molar-refractivity contribution < 1.29 is 19.1 Å². The molecule has 0 bridgehead atoms. The van der Waals surface area contributed by atoms with E-state index in [4.69, 9.17) is 5.11 Å². The third kappa shape index (κ3) is 3.56. The first kappa shape index (κ1) is 14.5. The number of halogens is 1. The Labute approximate surface area is 117 Å². The quantitative estimate of drug-likeness (QED) is 0.870. The zero-order chi connectivity index (χ0) is 14.7. The van der Waals surface area contributed by atoms with Crippen LogP contribution >= 0.6 is 0 Å². The molecular weight excluding hydrogens is 261 g/mol. The maximum atomic E-state index is 13.7. The van der Waals surface area contributed by atoms with Crippen LogP contribution in [0.2, 0.25) is 0 Å². The Morgan fingerprint density at radius 3 is 2.60 bits per heavy atom. The highest BCUT2D eigenvalue weighted by Crippen LogP contribution is 2.29. The summed E-state index contributed by atoms with van der Waals surface area (Å²) in [5, 5.41) is 8.85. The predicted octanol–water partition coefficient (Wildman–Crippen LogP) is 2.39. The Morgan fingerprint density at radius 1 is 1.40 bits per heavy atom. The summed E-state index contributed by atoms with van der Waals surface area (Å²) in [5.74, 6) is -1.82. The van der Waals surface area contributed by atoms with E-state index in [0.29, 0.717) is 5.56 Å². The van der Waals surface area contributed by atoms with E-state index >= 15 is 0 Å². The van der Waals surface area contributed by atoms with Gasteiger partial charge in [0.2, 0.25) is 5.91 Å². The number of carboxylic acid groups (broad SMARTS) is 1. The molecule has 0 radical (unpaired) electrons. The van der Waals surface area contributed by atoms with E-state index in [1.807, 2.05) is 0 Å². The van der Waals surface area contributed by atoms with E-state index in [0.717, 1.165) is 12.8 Å². The number of carbonyl (C=O) groups is 2. The van der Waals surface area contributed by atoms with Gasteiger partial charge >= 0.3 is 5.97 Å². The molecule has 108 valence electrons. The summed E-state index contributed by atoms with van der Waals surface area (Å²) >= 11 is 0. The first-order valence-electron chi connectivity index (χ1n) is 6.74. The fourth-order valence-corrected chi connectivity index (χ4v) is 2.32. The van der Waals surface area contributed by atoms with Crippen molar-refractivity contribution >= 4 is 11.9 Å². The van der Waals surface area contributed by atoms with Crippen molar-refractivity contribution in [3.05, 3.63) is 35.6 Å². The molecule has 0 spiro atoms. The Morgan fingerprint density at radius 2 is 2.05 bits per heavy atom. The second-order valence-electron chi connectivity index (χ2n) is 5.27. The number of carbonyl (C=O) groups excluding carboxylic acids is 1. The van der Waals surface area contributed by atoms with Crippen LogP contribution in [0.4, 0.5) is 4.39 Å². The third-order valence-electron chi connectivity index (χ3n) is 3.53. The lowest BCUT2D eigenvalue weighted by Crippen LogP contribution is -2.38. The van der Waals surface area contributed by atoms with Crippen LogP contribution in [0.1, 0.15) is 37.7 Å². The zero-order valence-corrected chi connectivity index (χ0v) is 11.4. The van der Waals surface area contributed by atoms with Crippen LogP contribution in [-0.4, -0.2) is 34.5 Å². The van der Waals surface area contributed by atoms with Crippen molar-refractivity contribution in [3.8, 4) is 0 Å². The number of aliphatic carboxylic acids is 1. The van der Waals surface area contributed by atoms with Crippen molar-refractivity contribution in [1.82, 2.24) is 4.90 Å². The molecular formula is C15H18FNO3. The maximum Gasteiger partial charge on any atom is 0.323 e. The number of nitrogens with zero attached hydrogens (tertiary/aromatic N) is 1. The summed E-state index contributed by atoms with van der Waals surface area (Å²) in [4.78, 5) is 24.4. The fourth-order valence-electron chi connectivity index (χ4n) is 2.32. The number of hydrogen-bond acceptors (Lipinski definition) is 2. The van der Waals surface area contributed by atoms with Gasteiger partial charge in [-0.3, -0.25) is 9.59 Å². The molecule has 5 heteroatoms. The van der Waals surface area contributed by atoms with E-state index in [1.165, 1.54) is 11.0 Å². The lowest BCUT2D eigenvalue weighted by atomic mass is 9.96. The normalized spacial score (nSPS) is 15.7. The molecule has 1 aliphatic rings. The summed E-state index contributed by atoms with van der Waals surface area (Å²) in [5.41, 5.74) is 0.493. The standard InChI is InChI=1S/C15H18FNO3/c1-10(12-4-2-3-5-13(12)16)8-14(18)17(9-15(19)20)11-6-7-11/h2-5,10-11H,6-9H2,1H3,(H,19,20). The molecule has 0 saturated heterocycles. The van der Waals surface area contributed by atoms with E-state index in [1.54, 1.807) is 25.1 Å². The van der Waals surface area contributed by atoms with Crippen LogP contribution in [0.25, 0.3) is 0 Å². The minimum Gasteiger partial charge on any atom is -0.480 e. The van der Waals surface area contributed by atoms with Gasteiger partial charge in [-0.15, -0.1) is 0 Å². The van der Waals surface area contributed by atoms with E-state index in [9.17, 15) is 14.0 Å². The van der Waals surface area contributed by atoms with Gasteiger partial charge in [-0.05, 0) is 30.4 Å². The molecule has 4 nitrogen and oxygen atoms in total. The largest absolute Gasteiger partial charge is 0.480 e. The van der Waals surface area contributed by atoms with Crippen LogP contribution in [0, 0.1) is 5.82 Å². The number of carboxylic acids is 1. The summed E-state index contributed by atoms with van der Waals surface area (Å²) < 4.78 is 13.7. The molecule has 0 aliphatic heterocycles. The summed E-state index contributed by atoms with van der Waals surface area (Å²) in [6, 6.07) is 6.41. The van der Waals surface area contributed by atoms with Gasteiger partial charge in [0.25, 0.3) is 0 Å². The highest BCUT2D eigenvalue weighted by atomic mass is 19.1. The fraction of sp³-hybridized carbons (Fsp3) is 0.467. The average Bonchev–Trinajstić information content (AvgIpc) is 3.20. The second kappa shape index (κ2) is 6.03. The van der Waals surface area contributed by atoms with Gasteiger partial charge in [0.1, 0.15) is 12.4 Å². The number of hydrogen-bond donors (Lipinski definition) is 1. The van der Waals surface area contributed by atoms with Crippen molar-refractivity contribution in [2.75, 3.05) is 6.54 Å². The molecule has 1 atom stereocenters. The molecule has 1 unspecified atom stereocenters. The van der Waals surface area contributed by atoms with E-state index < -0.39 is 5.97 Å². The zero-order valence-electron chi connectivity index (χ0n) is 11.4. The van der Waals surface area contributed by atoms with E-state index in [2.05, 4.69) is 0 Å². The Balaban J connectivity index is 2.02. The molecule has 1 aromatic carbocycles. The van der Waals surface area contributed by atoms with Gasteiger partial charge in [-0.2, -0.15) is 0 Å². The number of rotatable bonds is 6. The molecule has 1 aliphatic carbocycles. The third-order valence-corrected chi connectivity index (χ3v) is 3.53. The van der Waals surface area contributed by atoms with Gasteiger partial charge < -0.3 is 10.0 Å². The lowest BCUT2D eigenvalue weighted by Gasteiger charge is -2.22. The molecule has 1 N–H and O–H groups in total. The molecule has 0 heterocycles. The van der Waals surface area contributed by atoms with Gasteiger partial charge in [-0.25, -0.2) is 4.39 Å². The van der Waals surface area contributed by atoms with Crippen LogP contribution in [-0.2, 0) is 9.59 Å². The summed E-state index contributed by atoms with van der Waals surface area (Å²) in [7, 11) is 0. The van der Waals surface area contributed by atoms with Crippen molar-refractivity contribution in [2.45, 2.75) is 38.1 Å². The first-order valence-corrected chi connectivity index (χ1v) is 6.74. The first-order chi connectivity index (χ1) is 9.49. The van der Waals surface area contributed by atoms with Crippen LogP contribution < -0.4 is 0 Å². The Kier molecular flexibility index (Phi) is 4.37. The molecule has 0 aromatic heterocycles. The van der Waals surface area contributed by atoms with E-state index in [-0.39, 0.29) is 36.6 Å². The summed E-state index contributed by atoms with van der Waals surface area (Å²) in [6.45, 7) is 1.51. The van der Waals surface area contributed by atoms with Gasteiger partial charge in [0.15, 0.2) is 0 Å². The average molecular weight is 279 g/mol. The number of benzene rings is 1. The van der Waals surface area contributed by atoms with Gasteiger partial charge in [0.05, 0.1) is 0 Å². The minimum atomic E-state index is -1.01.